The van der Waals surface area contributed by atoms with Gasteiger partial charge in [-0.3, -0.25) is 0 Å². The van der Waals surface area contributed by atoms with E-state index in [1.807, 2.05) is 0 Å². The van der Waals surface area contributed by atoms with Gasteiger partial charge in [0.2, 0.25) is 0 Å². The molecule has 0 atom stereocenters. The first-order chi connectivity index (χ1) is 10.2. The van der Waals surface area contributed by atoms with Gasteiger partial charge in [-0.05, 0) is 68.4 Å². The second kappa shape index (κ2) is 4.90. The lowest BCUT2D eigenvalue weighted by Gasteiger charge is -2.56. The molecule has 112 valence electrons. The molecule has 5 rings (SSSR count). The van der Waals surface area contributed by atoms with Crippen LogP contribution in [0.5, 0.6) is 0 Å². The third-order valence-corrected chi connectivity index (χ3v) is 5.32. The van der Waals surface area contributed by atoms with Crippen LogP contribution >= 0.6 is 0 Å². The highest BCUT2D eigenvalue weighted by molar-refractivity contribution is 5.79. The molecule has 1 aromatic rings. The van der Waals surface area contributed by atoms with Crippen molar-refractivity contribution in [2.24, 2.45) is 22.9 Å². The number of urea groups is 1. The van der Waals surface area contributed by atoms with E-state index in [0.717, 1.165) is 37.0 Å². The average molecular weight is 287 g/mol. The van der Waals surface area contributed by atoms with Crippen LogP contribution in [0.4, 0.5) is 4.79 Å². The number of hydrogen-bond donors (Lipinski definition) is 2. The van der Waals surface area contributed by atoms with Crippen LogP contribution in [0.3, 0.4) is 0 Å². The highest BCUT2D eigenvalue weighted by Gasteiger charge is 2.51. The summed E-state index contributed by atoms with van der Waals surface area (Å²) in [6.45, 7) is 0. The molecule has 4 aliphatic carbocycles. The molecule has 4 saturated carbocycles. The Balaban J connectivity index is 1.36. The highest BCUT2D eigenvalue weighted by Crippen LogP contribution is 2.55. The van der Waals surface area contributed by atoms with Gasteiger partial charge in [0, 0.05) is 5.54 Å². The first-order valence-corrected chi connectivity index (χ1v) is 7.85. The number of hydrazone groups is 1. The van der Waals surface area contributed by atoms with Gasteiger partial charge in [0.15, 0.2) is 0 Å². The summed E-state index contributed by atoms with van der Waals surface area (Å²) < 4.78 is 5.13. The summed E-state index contributed by atoms with van der Waals surface area (Å²) >= 11 is 0. The molecule has 1 aromatic heterocycles. The Labute approximate surface area is 124 Å². The monoisotopic (exact) mass is 287 g/mol. The standard InChI is InChI=1S/C16H21N3O2/c20-15(19-17-10-14-2-1-3-21-14)18-16-7-11-4-12(8-16)6-13(5-11)9-16/h1-3,10-13H,4-9H2,(H2,18,19,20)/b17-10-. The molecule has 0 radical (unpaired) electrons. The summed E-state index contributed by atoms with van der Waals surface area (Å²) in [6, 6.07) is 3.39. The van der Waals surface area contributed by atoms with Gasteiger partial charge in [-0.1, -0.05) is 0 Å². The van der Waals surface area contributed by atoms with Crippen molar-refractivity contribution in [2.45, 2.75) is 44.1 Å². The summed E-state index contributed by atoms with van der Waals surface area (Å²) in [5.74, 6) is 3.10. The molecule has 4 bridgehead atoms. The number of nitrogens with zero attached hydrogens (tertiary/aromatic N) is 1. The molecule has 4 fully saturated rings. The zero-order chi connectivity index (χ0) is 14.3. The maximum Gasteiger partial charge on any atom is 0.335 e. The molecule has 21 heavy (non-hydrogen) atoms. The van der Waals surface area contributed by atoms with Gasteiger partial charge in [-0.25, -0.2) is 10.2 Å². The second-order valence-electron chi connectivity index (χ2n) is 7.04. The normalized spacial score (nSPS) is 37.0. The number of nitrogens with one attached hydrogen (secondary N) is 2. The largest absolute Gasteiger partial charge is 0.463 e. The molecule has 0 spiro atoms. The first-order valence-electron chi connectivity index (χ1n) is 7.85. The van der Waals surface area contributed by atoms with Gasteiger partial charge in [0.25, 0.3) is 0 Å². The number of furan rings is 1. The summed E-state index contributed by atoms with van der Waals surface area (Å²) in [5.41, 5.74) is 2.58. The zero-order valence-electron chi connectivity index (χ0n) is 12.0. The van der Waals surface area contributed by atoms with Crippen LogP contribution in [0.15, 0.2) is 27.9 Å². The molecular formula is C16H21N3O2. The van der Waals surface area contributed by atoms with Crippen LogP contribution in [-0.2, 0) is 0 Å². The van der Waals surface area contributed by atoms with E-state index in [-0.39, 0.29) is 11.6 Å². The minimum Gasteiger partial charge on any atom is -0.463 e. The lowest BCUT2D eigenvalue weighted by atomic mass is 9.53. The maximum atomic E-state index is 12.1. The van der Waals surface area contributed by atoms with E-state index in [0.29, 0.717) is 5.76 Å². The minimum absolute atomic E-state index is 0.0268. The average Bonchev–Trinajstić information content (AvgIpc) is 2.89. The minimum atomic E-state index is -0.195. The second-order valence-corrected chi connectivity index (χ2v) is 7.04. The lowest BCUT2D eigenvalue weighted by Crippen LogP contribution is -2.61. The zero-order valence-corrected chi connectivity index (χ0v) is 12.0. The molecule has 2 amide bonds. The summed E-state index contributed by atoms with van der Waals surface area (Å²) in [6.07, 6.45) is 10.7. The Morgan fingerprint density at radius 2 is 1.90 bits per heavy atom. The third-order valence-electron chi connectivity index (χ3n) is 5.32. The molecule has 5 heteroatoms. The van der Waals surface area contributed by atoms with Crippen LogP contribution in [0.1, 0.15) is 44.3 Å². The van der Waals surface area contributed by atoms with Crippen molar-refractivity contribution in [1.29, 1.82) is 0 Å². The van der Waals surface area contributed by atoms with E-state index < -0.39 is 0 Å². The smallest absolute Gasteiger partial charge is 0.335 e. The van der Waals surface area contributed by atoms with Gasteiger partial charge < -0.3 is 9.73 Å². The molecule has 4 aliphatic rings. The van der Waals surface area contributed by atoms with Gasteiger partial charge >= 0.3 is 6.03 Å². The van der Waals surface area contributed by atoms with Gasteiger partial charge in [0.1, 0.15) is 5.76 Å². The van der Waals surface area contributed by atoms with Crippen LogP contribution in [0, 0.1) is 17.8 Å². The molecule has 0 aromatic carbocycles. The topological polar surface area (TPSA) is 66.6 Å². The predicted octanol–water partition coefficient (Wildman–Crippen LogP) is 2.88. The van der Waals surface area contributed by atoms with E-state index in [4.69, 9.17) is 4.42 Å². The van der Waals surface area contributed by atoms with E-state index in [9.17, 15) is 4.79 Å². The number of hydrogen-bond acceptors (Lipinski definition) is 3. The Bertz CT molecular complexity index is 515. The highest BCUT2D eigenvalue weighted by atomic mass is 16.3. The van der Waals surface area contributed by atoms with E-state index >= 15 is 0 Å². The number of carbonyl (C=O) groups is 1. The fraction of sp³-hybridized carbons (Fsp3) is 0.625. The molecular weight excluding hydrogens is 266 g/mol. The van der Waals surface area contributed by atoms with Crippen molar-refractivity contribution >= 4 is 12.2 Å². The van der Waals surface area contributed by atoms with Crippen molar-refractivity contribution in [2.75, 3.05) is 0 Å². The quantitative estimate of drug-likeness (QED) is 0.663. The summed E-state index contributed by atoms with van der Waals surface area (Å²) in [5, 5.41) is 7.14. The van der Waals surface area contributed by atoms with Crippen molar-refractivity contribution < 1.29 is 9.21 Å². The van der Waals surface area contributed by atoms with Gasteiger partial charge in [-0.2, -0.15) is 5.10 Å². The molecule has 0 aliphatic heterocycles. The molecule has 0 saturated heterocycles. The van der Waals surface area contributed by atoms with Crippen LogP contribution in [0.25, 0.3) is 0 Å². The summed E-state index contributed by atoms with van der Waals surface area (Å²) in [7, 11) is 0. The van der Waals surface area contributed by atoms with Crippen molar-refractivity contribution in [1.82, 2.24) is 10.7 Å². The first kappa shape index (κ1) is 12.9. The number of amides is 2. The number of rotatable bonds is 3. The van der Waals surface area contributed by atoms with Crippen LogP contribution < -0.4 is 10.7 Å². The maximum absolute atomic E-state index is 12.1. The Kier molecular flexibility index (Phi) is 3.01. The Hall–Kier alpha value is -1.78. The van der Waals surface area contributed by atoms with Crippen LogP contribution in [0.2, 0.25) is 0 Å². The van der Waals surface area contributed by atoms with Gasteiger partial charge in [0.05, 0.1) is 12.5 Å². The third kappa shape index (κ3) is 2.57. The Morgan fingerprint density at radius 1 is 1.24 bits per heavy atom. The van der Waals surface area contributed by atoms with Crippen molar-refractivity contribution in [3.8, 4) is 0 Å². The van der Waals surface area contributed by atoms with E-state index in [1.165, 1.54) is 25.5 Å². The number of carbonyl (C=O) groups excluding carboxylic acids is 1. The fourth-order valence-corrected chi connectivity index (χ4v) is 5.05. The van der Waals surface area contributed by atoms with Crippen molar-refractivity contribution in [3.05, 3.63) is 24.2 Å². The molecule has 0 unspecified atom stereocenters. The van der Waals surface area contributed by atoms with Crippen molar-refractivity contribution in [3.63, 3.8) is 0 Å². The summed E-state index contributed by atoms with van der Waals surface area (Å²) in [4.78, 5) is 12.1. The lowest BCUT2D eigenvalue weighted by molar-refractivity contribution is -0.0135. The molecule has 1 heterocycles. The van der Waals surface area contributed by atoms with Crippen LogP contribution in [-0.4, -0.2) is 17.8 Å². The van der Waals surface area contributed by atoms with Gasteiger partial charge in [-0.15, -0.1) is 0 Å². The Morgan fingerprint density at radius 3 is 2.48 bits per heavy atom. The molecule has 5 nitrogen and oxygen atoms in total. The fourth-order valence-electron chi connectivity index (χ4n) is 5.05. The van der Waals surface area contributed by atoms with E-state index in [2.05, 4.69) is 15.8 Å². The SMILES string of the molecule is O=C(N/N=C\c1ccco1)NC12CC3CC(CC(C3)C1)C2. The predicted molar refractivity (Wildman–Crippen MR) is 78.9 cm³/mol. The molecule has 2 N–H and O–H groups in total. The van der Waals surface area contributed by atoms with E-state index in [1.54, 1.807) is 18.4 Å².